The van der Waals surface area contributed by atoms with Crippen molar-refractivity contribution in [3.63, 3.8) is 0 Å². The molecule has 32 valence electrons. The van der Waals surface area contributed by atoms with Crippen LogP contribution in [-0.4, -0.2) is 0 Å². The second kappa shape index (κ2) is 7.41. The van der Waals surface area contributed by atoms with E-state index in [9.17, 15) is 0 Å². The molecule has 1 aromatic carbocycles. The van der Waals surface area contributed by atoms with Gasteiger partial charge in [0.25, 0.3) is 0 Å². The maximum atomic E-state index is 2.89. The van der Waals surface area contributed by atoms with Crippen LogP contribution in [0.25, 0.3) is 0 Å². The van der Waals surface area contributed by atoms with Gasteiger partial charge in [-0.2, -0.15) is 36.4 Å². The maximum absolute atomic E-state index is 2.89. The van der Waals surface area contributed by atoms with Crippen LogP contribution in [0.3, 0.4) is 0 Å². The van der Waals surface area contributed by atoms with E-state index in [0.29, 0.717) is 0 Å². The van der Waals surface area contributed by atoms with Crippen molar-refractivity contribution in [2.75, 3.05) is 0 Å². The molecule has 0 saturated carbocycles. The van der Waals surface area contributed by atoms with E-state index in [1.165, 1.54) is 0 Å². The molecule has 0 nitrogen and oxygen atoms in total. The molecule has 0 bridgehead atoms. The van der Waals surface area contributed by atoms with Crippen LogP contribution >= 0.6 is 0 Å². The Morgan fingerprint density at radius 2 is 1.38 bits per heavy atom. The van der Waals surface area contributed by atoms with E-state index in [0.717, 1.165) is 0 Å². The molecule has 1 aromatic rings. The molecule has 8 heavy (non-hydrogen) atoms. The molecule has 0 aliphatic carbocycles. The second-order valence-electron chi connectivity index (χ2n) is 1.08. The Bertz CT molecular complexity index is 83.0. The summed E-state index contributed by atoms with van der Waals surface area (Å²) in [4.78, 5) is 0. The maximum Gasteiger partial charge on any atom is 1.00 e. The minimum Gasteiger partial charge on any atom is -1.00 e. The Hall–Kier alpha value is 0.415. The summed E-state index contributed by atoms with van der Waals surface area (Å²) in [5.74, 6) is 0. The fraction of sp³-hybridized carbons (Fsp3) is 0. The number of rotatable bonds is 0. The Morgan fingerprint density at radius 1 is 0.875 bits per heavy atom. The van der Waals surface area contributed by atoms with Crippen LogP contribution in [0.15, 0.2) is 30.3 Å². The fourth-order valence-corrected chi connectivity index (χ4v) is 0.342. The van der Waals surface area contributed by atoms with Crippen LogP contribution in [0.4, 0.5) is 0 Å². The molecule has 0 amide bonds. The van der Waals surface area contributed by atoms with E-state index in [4.69, 9.17) is 0 Å². The third-order valence-electron chi connectivity index (χ3n) is 0.607. The van der Waals surface area contributed by atoms with Crippen LogP contribution < -0.4 is 37.7 Å². The summed E-state index contributed by atoms with van der Waals surface area (Å²) in [5.41, 5.74) is 0. The zero-order valence-electron chi connectivity index (χ0n) is 6.39. The summed E-state index contributed by atoms with van der Waals surface area (Å²) in [6.07, 6.45) is 0. The summed E-state index contributed by atoms with van der Waals surface area (Å²) in [6, 6.07) is 12.5. The van der Waals surface area contributed by atoms with Crippen molar-refractivity contribution in [2.24, 2.45) is 0 Å². The van der Waals surface area contributed by atoms with Crippen molar-refractivity contribution in [3.8, 4) is 0 Å². The van der Waals surface area contributed by atoms with Crippen LogP contribution in [0.2, 0.25) is 0 Å². The first kappa shape index (κ1) is 11.2. The van der Waals surface area contributed by atoms with Crippen molar-refractivity contribution in [3.05, 3.63) is 36.4 Å². The van der Waals surface area contributed by atoms with Gasteiger partial charge < -0.3 is 1.43 Å². The first-order chi connectivity index (χ1) is 3.00. The summed E-state index contributed by atoms with van der Waals surface area (Å²) in [6.45, 7) is 0. The predicted octanol–water partition coefficient (Wildman–Crippen LogP) is -4.39. The molecular weight excluding hydrogens is 85.9 g/mol. The number of hydrogen-bond donors (Lipinski definition) is 0. The normalized spacial score (nSPS) is 6.00. The van der Waals surface area contributed by atoms with E-state index in [1.54, 1.807) is 0 Å². The first-order valence-corrected chi connectivity index (χ1v) is 1.91. The molecule has 0 spiro atoms. The minimum atomic E-state index is 0. The van der Waals surface area contributed by atoms with Gasteiger partial charge >= 0.3 is 37.7 Å². The monoisotopic (exact) mass is 92.1 g/mol. The quantitative estimate of drug-likeness (QED) is 0.224. The predicted molar refractivity (Wildman–Crippen MR) is 26.4 cm³/mol. The molecule has 0 radical (unpaired) electrons. The van der Waals surface area contributed by atoms with E-state index in [-0.39, 0.29) is 39.1 Å². The molecule has 0 atom stereocenters. The average molecular weight is 92.0 g/mol. The first-order valence-electron chi connectivity index (χ1n) is 1.91. The zero-order valence-corrected chi connectivity index (χ0v) is 5.39. The van der Waals surface area contributed by atoms with Gasteiger partial charge in [-0.25, -0.2) is 0 Å². The van der Waals surface area contributed by atoms with Gasteiger partial charge in [0.2, 0.25) is 0 Å². The average Bonchev–Trinajstić information content (AvgIpc) is 1.72. The van der Waals surface area contributed by atoms with Gasteiger partial charge in [-0.05, 0) is 0 Å². The molecule has 0 aliphatic heterocycles. The van der Waals surface area contributed by atoms with E-state index < -0.39 is 0 Å². The van der Waals surface area contributed by atoms with Gasteiger partial charge in [-0.1, -0.05) is 0 Å². The van der Waals surface area contributed by atoms with Crippen molar-refractivity contribution in [1.29, 1.82) is 0 Å². The van der Waals surface area contributed by atoms with E-state index >= 15 is 0 Å². The summed E-state index contributed by atoms with van der Waals surface area (Å²) in [7, 11) is 0. The largest absolute Gasteiger partial charge is 1.00 e. The van der Waals surface area contributed by atoms with Gasteiger partial charge in [-0.3, -0.25) is 0 Å². The van der Waals surface area contributed by atoms with E-state index in [1.807, 2.05) is 30.3 Å². The SMILES string of the molecule is [H-].[Li+].[Li+].[c-]1ccccc1. The minimum absolute atomic E-state index is 0. The van der Waals surface area contributed by atoms with Crippen LogP contribution in [0, 0.1) is 6.07 Å². The third-order valence-corrected chi connectivity index (χ3v) is 0.607. The van der Waals surface area contributed by atoms with E-state index in [2.05, 4.69) is 6.07 Å². The standard InChI is InChI=1S/C6H5.2Li.H/c1-2-4-6-5-3-1;;;/h1-5H;;;/q-1;2*+1;-1. The van der Waals surface area contributed by atoms with Gasteiger partial charge in [0.1, 0.15) is 0 Å². The summed E-state index contributed by atoms with van der Waals surface area (Å²) < 4.78 is 0. The molecule has 0 aromatic heterocycles. The van der Waals surface area contributed by atoms with Gasteiger partial charge in [-0.15, -0.1) is 0 Å². The summed E-state index contributed by atoms with van der Waals surface area (Å²) >= 11 is 0. The molecule has 2 heteroatoms. The van der Waals surface area contributed by atoms with Gasteiger partial charge in [0, 0.05) is 0 Å². The molecule has 0 fully saturated rings. The molecule has 1 rings (SSSR count). The van der Waals surface area contributed by atoms with Crippen molar-refractivity contribution in [2.45, 2.75) is 0 Å². The molecule has 0 aliphatic rings. The van der Waals surface area contributed by atoms with Gasteiger partial charge in [0.05, 0.1) is 0 Å². The van der Waals surface area contributed by atoms with Crippen LogP contribution in [0.5, 0.6) is 0 Å². The molecule has 0 heterocycles. The third kappa shape index (κ3) is 4.57. The Morgan fingerprint density at radius 3 is 1.50 bits per heavy atom. The molecule has 0 N–H and O–H groups in total. The Kier molecular flexibility index (Phi) is 10.4. The zero-order chi connectivity index (χ0) is 4.24. The molecular formula is C6H6Li2. The molecule has 0 saturated heterocycles. The van der Waals surface area contributed by atoms with Crippen molar-refractivity contribution < 1.29 is 39.1 Å². The fourth-order valence-electron chi connectivity index (χ4n) is 0.342. The second-order valence-corrected chi connectivity index (χ2v) is 1.08. The van der Waals surface area contributed by atoms with Crippen LogP contribution in [0.1, 0.15) is 1.43 Å². The smallest absolute Gasteiger partial charge is 1.00 e. The number of hydrogen-bond acceptors (Lipinski definition) is 0. The van der Waals surface area contributed by atoms with Crippen molar-refractivity contribution >= 4 is 0 Å². The Labute approximate surface area is 75.5 Å². The summed E-state index contributed by atoms with van der Waals surface area (Å²) in [5, 5.41) is 0. The number of benzene rings is 1. The van der Waals surface area contributed by atoms with Crippen LogP contribution in [-0.2, 0) is 0 Å². The topological polar surface area (TPSA) is 0 Å². The molecule has 0 unspecified atom stereocenters. The Balaban J connectivity index is -0.000000120. The van der Waals surface area contributed by atoms with Crippen molar-refractivity contribution in [1.82, 2.24) is 0 Å². The van der Waals surface area contributed by atoms with Gasteiger partial charge in [0.15, 0.2) is 0 Å².